The Morgan fingerprint density at radius 2 is 1.61 bits per heavy atom. The number of carbonyl (C=O) groups is 1. The van der Waals surface area contributed by atoms with Gasteiger partial charge in [-0.3, -0.25) is 0 Å². The molecule has 0 aliphatic rings. The maximum atomic E-state index is 11.5. The number of nitrogens with two attached hydrogens (primary N) is 1. The van der Waals surface area contributed by atoms with Crippen LogP contribution in [0.2, 0.25) is 0 Å². The zero-order valence-electron chi connectivity index (χ0n) is 11.4. The molecule has 2 N–H and O–H groups in total. The summed E-state index contributed by atoms with van der Waals surface area (Å²) in [4.78, 5) is 11.5. The molecule has 0 saturated carbocycles. The third-order valence-corrected chi connectivity index (χ3v) is 2.61. The number of primary amides is 1. The first-order chi connectivity index (χ1) is 8.43. The highest BCUT2D eigenvalue weighted by Gasteiger charge is 2.16. The number of nitrogens with zero attached hydrogens (tertiary/aromatic N) is 2. The van der Waals surface area contributed by atoms with Gasteiger partial charge in [-0.1, -0.05) is 45.9 Å². The molecule has 0 spiro atoms. The zero-order chi connectivity index (χ0) is 13.7. The van der Waals surface area contributed by atoms with E-state index in [0.29, 0.717) is 5.69 Å². The second kappa shape index (κ2) is 6.19. The van der Waals surface area contributed by atoms with Gasteiger partial charge in [-0.25, -0.2) is 4.79 Å². The number of benzene rings is 1. The lowest BCUT2D eigenvalue weighted by Gasteiger charge is -2.20. The summed E-state index contributed by atoms with van der Waals surface area (Å²) in [6.45, 7) is 8.23. The van der Waals surface area contributed by atoms with Crippen LogP contribution >= 0.6 is 0 Å². The van der Waals surface area contributed by atoms with Crippen LogP contribution in [0.1, 0.15) is 27.7 Å². The molecule has 0 atom stereocenters. The Kier molecular flexibility index (Phi) is 4.89. The second-order valence-corrected chi connectivity index (χ2v) is 4.82. The van der Waals surface area contributed by atoms with Crippen molar-refractivity contribution in [3.63, 3.8) is 0 Å². The highest BCUT2D eigenvalue weighted by molar-refractivity contribution is 5.95. The lowest BCUT2D eigenvalue weighted by molar-refractivity contribution is 0.254. The van der Waals surface area contributed by atoms with E-state index in [4.69, 9.17) is 5.73 Å². The Bertz CT molecular complexity index is 414. The molecule has 1 aromatic rings. The molecule has 98 valence electrons. The molecule has 0 fully saturated rings. The molecular formula is C14H21N3O. The van der Waals surface area contributed by atoms with E-state index in [1.165, 1.54) is 5.01 Å². The number of carbonyl (C=O) groups excluding carboxylic acids is 1. The van der Waals surface area contributed by atoms with Gasteiger partial charge in [0.25, 0.3) is 0 Å². The van der Waals surface area contributed by atoms with Crippen molar-refractivity contribution in [1.29, 1.82) is 0 Å². The van der Waals surface area contributed by atoms with Gasteiger partial charge in [0.15, 0.2) is 0 Å². The van der Waals surface area contributed by atoms with E-state index in [0.717, 1.165) is 5.71 Å². The summed E-state index contributed by atoms with van der Waals surface area (Å²) in [7, 11) is 0. The molecule has 0 unspecified atom stereocenters. The van der Waals surface area contributed by atoms with E-state index in [-0.39, 0.29) is 11.8 Å². The fourth-order valence-electron chi connectivity index (χ4n) is 1.82. The molecule has 0 saturated heterocycles. The number of hydrogen-bond donors (Lipinski definition) is 1. The van der Waals surface area contributed by atoms with Gasteiger partial charge in [0, 0.05) is 5.71 Å². The third kappa shape index (κ3) is 3.58. The normalized spacial score (nSPS) is 10.6. The minimum Gasteiger partial charge on any atom is -0.350 e. The van der Waals surface area contributed by atoms with Crippen molar-refractivity contribution in [1.82, 2.24) is 0 Å². The quantitative estimate of drug-likeness (QED) is 0.644. The molecule has 0 aliphatic heterocycles. The number of urea groups is 1. The van der Waals surface area contributed by atoms with Gasteiger partial charge < -0.3 is 5.73 Å². The Balaban J connectivity index is 3.14. The van der Waals surface area contributed by atoms with Crippen LogP contribution in [0.3, 0.4) is 0 Å². The van der Waals surface area contributed by atoms with Crippen molar-refractivity contribution < 1.29 is 4.79 Å². The van der Waals surface area contributed by atoms with Crippen molar-refractivity contribution in [3.8, 4) is 0 Å². The third-order valence-electron chi connectivity index (χ3n) is 2.61. The van der Waals surface area contributed by atoms with Crippen LogP contribution in [0.5, 0.6) is 0 Å². The van der Waals surface area contributed by atoms with Crippen LogP contribution in [-0.4, -0.2) is 11.7 Å². The summed E-state index contributed by atoms with van der Waals surface area (Å²) in [5.74, 6) is 0.547. The standard InChI is InChI=1S/C14H21N3O/c1-10(2)13(11(3)4)16-17(14(15)18)12-8-6-5-7-9-12/h5-11H,1-4H3,(H2,15,18). The predicted molar refractivity (Wildman–Crippen MR) is 75.6 cm³/mol. The number of amides is 2. The number of hydrazone groups is 1. The molecule has 0 heterocycles. The minimum absolute atomic E-state index is 0.274. The number of rotatable bonds is 4. The topological polar surface area (TPSA) is 58.7 Å². The van der Waals surface area contributed by atoms with Crippen molar-refractivity contribution in [2.75, 3.05) is 5.01 Å². The average Bonchev–Trinajstić information content (AvgIpc) is 2.29. The number of hydrogen-bond acceptors (Lipinski definition) is 2. The summed E-state index contributed by atoms with van der Waals surface area (Å²) in [6.07, 6.45) is 0. The van der Waals surface area contributed by atoms with E-state index in [2.05, 4.69) is 32.8 Å². The van der Waals surface area contributed by atoms with Crippen LogP contribution in [0.4, 0.5) is 10.5 Å². The summed E-state index contributed by atoms with van der Waals surface area (Å²) in [6, 6.07) is 8.65. The Morgan fingerprint density at radius 3 is 2.00 bits per heavy atom. The maximum Gasteiger partial charge on any atom is 0.339 e. The first-order valence-corrected chi connectivity index (χ1v) is 6.16. The molecule has 0 bridgehead atoms. The van der Waals surface area contributed by atoms with Crippen LogP contribution in [-0.2, 0) is 0 Å². The summed E-state index contributed by atoms with van der Waals surface area (Å²) >= 11 is 0. The first kappa shape index (κ1) is 14.2. The molecule has 1 aromatic carbocycles. The van der Waals surface area contributed by atoms with Crippen molar-refractivity contribution >= 4 is 17.4 Å². The fourth-order valence-corrected chi connectivity index (χ4v) is 1.82. The number of anilines is 1. The van der Waals surface area contributed by atoms with Crippen molar-refractivity contribution in [2.45, 2.75) is 27.7 Å². The molecular weight excluding hydrogens is 226 g/mol. The average molecular weight is 247 g/mol. The van der Waals surface area contributed by atoms with E-state index in [9.17, 15) is 4.79 Å². The van der Waals surface area contributed by atoms with Gasteiger partial charge in [-0.05, 0) is 24.0 Å². The van der Waals surface area contributed by atoms with Gasteiger partial charge in [-0.15, -0.1) is 0 Å². The lowest BCUT2D eigenvalue weighted by Crippen LogP contribution is -2.33. The molecule has 0 aliphatic carbocycles. The predicted octanol–water partition coefficient (Wildman–Crippen LogP) is 3.24. The SMILES string of the molecule is CC(C)C(=NN(C(N)=O)c1ccccc1)C(C)C. The maximum absolute atomic E-state index is 11.5. The molecule has 4 heteroatoms. The lowest BCUT2D eigenvalue weighted by atomic mass is 9.98. The summed E-state index contributed by atoms with van der Waals surface area (Å²) < 4.78 is 0. The van der Waals surface area contributed by atoms with Crippen LogP contribution < -0.4 is 10.7 Å². The molecule has 2 amide bonds. The van der Waals surface area contributed by atoms with Gasteiger partial charge in [0.2, 0.25) is 0 Å². The molecule has 18 heavy (non-hydrogen) atoms. The first-order valence-electron chi connectivity index (χ1n) is 6.16. The van der Waals surface area contributed by atoms with E-state index in [1.807, 2.05) is 30.3 Å². The van der Waals surface area contributed by atoms with Crippen LogP contribution in [0.25, 0.3) is 0 Å². The smallest absolute Gasteiger partial charge is 0.339 e. The largest absolute Gasteiger partial charge is 0.350 e. The summed E-state index contributed by atoms with van der Waals surface area (Å²) in [5, 5.41) is 5.68. The highest BCUT2D eigenvalue weighted by atomic mass is 16.2. The fraction of sp³-hybridized carbons (Fsp3) is 0.429. The van der Waals surface area contributed by atoms with Gasteiger partial charge in [0.1, 0.15) is 0 Å². The van der Waals surface area contributed by atoms with Gasteiger partial charge in [-0.2, -0.15) is 10.1 Å². The van der Waals surface area contributed by atoms with E-state index < -0.39 is 6.03 Å². The molecule has 4 nitrogen and oxygen atoms in total. The van der Waals surface area contributed by atoms with Crippen LogP contribution in [0.15, 0.2) is 35.4 Å². The monoisotopic (exact) mass is 247 g/mol. The van der Waals surface area contributed by atoms with Crippen molar-refractivity contribution in [2.24, 2.45) is 22.7 Å². The second-order valence-electron chi connectivity index (χ2n) is 4.82. The van der Waals surface area contributed by atoms with E-state index >= 15 is 0 Å². The minimum atomic E-state index is -0.569. The van der Waals surface area contributed by atoms with Gasteiger partial charge >= 0.3 is 6.03 Å². The molecule has 1 rings (SSSR count). The Labute approximate surface area is 108 Å². The zero-order valence-corrected chi connectivity index (χ0v) is 11.4. The van der Waals surface area contributed by atoms with E-state index in [1.54, 1.807) is 0 Å². The Hall–Kier alpha value is -1.84. The summed E-state index contributed by atoms with van der Waals surface area (Å²) in [5.41, 5.74) is 7.04. The van der Waals surface area contributed by atoms with Crippen molar-refractivity contribution in [3.05, 3.63) is 30.3 Å². The molecule has 0 aromatic heterocycles. The molecule has 0 radical (unpaired) electrons. The number of para-hydroxylation sites is 1. The van der Waals surface area contributed by atoms with Crippen LogP contribution in [0, 0.1) is 11.8 Å². The highest BCUT2D eigenvalue weighted by Crippen LogP contribution is 2.16. The van der Waals surface area contributed by atoms with Gasteiger partial charge in [0.05, 0.1) is 5.69 Å². The Morgan fingerprint density at radius 1 is 1.11 bits per heavy atom.